The van der Waals surface area contributed by atoms with Crippen LogP contribution in [0.2, 0.25) is 0 Å². The molecule has 0 bridgehead atoms. The average molecular weight is 226 g/mol. The summed E-state index contributed by atoms with van der Waals surface area (Å²) in [5, 5.41) is 0. The minimum absolute atomic E-state index is 0.209. The van der Waals surface area contributed by atoms with E-state index in [4.69, 9.17) is 15.1 Å². The molecule has 0 heterocycles. The zero-order valence-electron chi connectivity index (χ0n) is 16.3. The Labute approximate surface area is 91.0 Å². The molecule has 0 aliphatic rings. The standard InChI is InChI=1S/C9H11BrO/c1-11-7-6-8-2-4-9(10)5-3-8/h2-5H,6-7H2,1H3/i1D3,2D,3D,4D,5D,6D2,7D2. The monoisotopic (exact) mass is 225 g/mol. The summed E-state index contributed by atoms with van der Waals surface area (Å²) in [5.41, 5.74) is -0.917. The molecule has 0 N–H and O–H groups in total. The van der Waals surface area contributed by atoms with E-state index >= 15 is 0 Å². The number of methoxy groups -OCH3 is 1. The Hall–Kier alpha value is -0.340. The van der Waals surface area contributed by atoms with Crippen LogP contribution in [0.1, 0.15) is 20.6 Å². The highest BCUT2D eigenvalue weighted by atomic mass is 79.9. The SMILES string of the molecule is [2H]c1c([2H])c(C([2H])([2H])C([2H])([2H])OC([2H])([2H])[2H])c([2H])c([2H])c1Br. The molecule has 0 radical (unpaired) electrons. The number of benzene rings is 1. The van der Waals surface area contributed by atoms with Gasteiger partial charge < -0.3 is 4.74 Å². The summed E-state index contributed by atoms with van der Waals surface area (Å²) in [6.07, 6.45) is -3.23. The lowest BCUT2D eigenvalue weighted by molar-refractivity contribution is 0.202. The van der Waals surface area contributed by atoms with E-state index in [1.54, 1.807) is 0 Å². The third-order valence-corrected chi connectivity index (χ3v) is 1.22. The number of halogens is 1. The molecule has 1 nitrogen and oxygen atoms in total. The van der Waals surface area contributed by atoms with Gasteiger partial charge in [0.05, 0.1) is 18.9 Å². The molecule has 0 aliphatic heterocycles. The summed E-state index contributed by atoms with van der Waals surface area (Å²) in [5.74, 6) is 0. The molecule has 2 heteroatoms. The maximum absolute atomic E-state index is 7.79. The second kappa shape index (κ2) is 4.52. The molecule has 0 fully saturated rings. The molecular weight excluding hydrogens is 204 g/mol. The molecular formula is C9H11BrO. The van der Waals surface area contributed by atoms with Gasteiger partial charge in [-0.05, 0) is 24.0 Å². The number of rotatable bonds is 3. The molecule has 0 spiro atoms. The Morgan fingerprint density at radius 3 is 3.00 bits per heavy atom. The third-order valence-electron chi connectivity index (χ3n) is 0.822. The first-order valence-corrected chi connectivity index (χ1v) is 3.39. The molecule has 0 unspecified atom stereocenters. The molecule has 0 saturated heterocycles. The maximum atomic E-state index is 7.79. The lowest BCUT2D eigenvalue weighted by Gasteiger charge is -1.99. The highest BCUT2D eigenvalue weighted by Gasteiger charge is 1.90. The van der Waals surface area contributed by atoms with Crippen molar-refractivity contribution in [1.29, 1.82) is 0 Å². The van der Waals surface area contributed by atoms with Crippen molar-refractivity contribution in [3.63, 3.8) is 0 Å². The highest BCUT2D eigenvalue weighted by molar-refractivity contribution is 9.10. The second-order valence-corrected chi connectivity index (χ2v) is 2.31. The predicted molar refractivity (Wildman–Crippen MR) is 49.7 cm³/mol. The van der Waals surface area contributed by atoms with E-state index in [1.807, 2.05) is 0 Å². The Balaban J connectivity index is 3.60. The van der Waals surface area contributed by atoms with Gasteiger partial charge in [-0.25, -0.2) is 0 Å². The normalized spacial score (nSPS) is 28.3. The molecule has 0 aliphatic carbocycles. The summed E-state index contributed by atoms with van der Waals surface area (Å²) >= 11 is 2.83. The summed E-state index contributed by atoms with van der Waals surface area (Å²) in [6.45, 7) is -3.41. The fraction of sp³-hybridized carbons (Fsp3) is 0.333. The minimum Gasteiger partial charge on any atom is -0.384 e. The smallest absolute Gasteiger partial charge is 0.0635 e. The van der Waals surface area contributed by atoms with E-state index in [-0.39, 0.29) is 4.47 Å². The van der Waals surface area contributed by atoms with Gasteiger partial charge in [0, 0.05) is 14.3 Å². The van der Waals surface area contributed by atoms with Gasteiger partial charge in [0.2, 0.25) is 0 Å². The topological polar surface area (TPSA) is 9.23 Å². The van der Waals surface area contributed by atoms with E-state index < -0.39 is 49.7 Å². The van der Waals surface area contributed by atoms with Crippen molar-refractivity contribution in [2.24, 2.45) is 0 Å². The van der Waals surface area contributed by atoms with Crippen molar-refractivity contribution in [2.45, 2.75) is 6.37 Å². The maximum Gasteiger partial charge on any atom is 0.0635 e. The number of hydrogen-bond donors (Lipinski definition) is 0. The van der Waals surface area contributed by atoms with Crippen molar-refractivity contribution in [1.82, 2.24) is 0 Å². The van der Waals surface area contributed by atoms with Gasteiger partial charge in [0.1, 0.15) is 0 Å². The van der Waals surface area contributed by atoms with Crippen LogP contribution in [0.25, 0.3) is 0 Å². The molecule has 1 rings (SSSR count). The minimum atomic E-state index is -3.41. The van der Waals surface area contributed by atoms with E-state index in [1.165, 1.54) is 0 Å². The van der Waals surface area contributed by atoms with Gasteiger partial charge in [-0.2, -0.15) is 0 Å². The molecule has 0 aromatic heterocycles. The molecule has 0 saturated carbocycles. The predicted octanol–water partition coefficient (Wildman–Crippen LogP) is 2.64. The quantitative estimate of drug-likeness (QED) is 0.769. The van der Waals surface area contributed by atoms with Crippen LogP contribution in [0.5, 0.6) is 0 Å². The van der Waals surface area contributed by atoms with E-state index in [0.29, 0.717) is 0 Å². The first-order valence-electron chi connectivity index (χ1n) is 8.10. The molecule has 11 heavy (non-hydrogen) atoms. The lowest BCUT2D eigenvalue weighted by atomic mass is 10.2. The summed E-state index contributed by atoms with van der Waals surface area (Å²) in [7, 11) is -3.25. The van der Waals surface area contributed by atoms with Crippen molar-refractivity contribution < 1.29 is 19.8 Å². The Morgan fingerprint density at radius 1 is 1.64 bits per heavy atom. The Bertz CT molecular complexity index is 565. The van der Waals surface area contributed by atoms with Gasteiger partial charge in [-0.3, -0.25) is 0 Å². The van der Waals surface area contributed by atoms with Gasteiger partial charge in [0.25, 0.3) is 0 Å². The molecule has 60 valence electrons. The van der Waals surface area contributed by atoms with Crippen LogP contribution in [0.4, 0.5) is 0 Å². The van der Waals surface area contributed by atoms with Crippen molar-refractivity contribution >= 4 is 15.9 Å². The lowest BCUT2D eigenvalue weighted by Crippen LogP contribution is -1.93. The third kappa shape index (κ3) is 3.04. The molecule has 0 amide bonds. The van der Waals surface area contributed by atoms with Crippen molar-refractivity contribution in [3.05, 3.63) is 34.2 Å². The second-order valence-electron chi connectivity index (χ2n) is 1.52. The van der Waals surface area contributed by atoms with Crippen LogP contribution < -0.4 is 0 Å². The number of ether oxygens (including phenoxy) is 1. The summed E-state index contributed by atoms with van der Waals surface area (Å²) in [6, 6.07) is -2.86. The molecule has 0 atom stereocenters. The largest absolute Gasteiger partial charge is 0.384 e. The zero-order valence-corrected chi connectivity index (χ0v) is 6.87. The van der Waals surface area contributed by atoms with Gasteiger partial charge in [-0.1, -0.05) is 28.0 Å². The van der Waals surface area contributed by atoms with Crippen molar-refractivity contribution in [3.8, 4) is 0 Å². The van der Waals surface area contributed by atoms with Crippen LogP contribution in [-0.2, 0) is 11.1 Å². The Morgan fingerprint density at radius 2 is 2.36 bits per heavy atom. The zero-order chi connectivity index (χ0) is 17.7. The van der Waals surface area contributed by atoms with Crippen LogP contribution >= 0.6 is 15.9 Å². The van der Waals surface area contributed by atoms with E-state index in [0.717, 1.165) is 0 Å². The van der Waals surface area contributed by atoms with Gasteiger partial charge >= 0.3 is 0 Å². The van der Waals surface area contributed by atoms with Crippen LogP contribution in [0.3, 0.4) is 0 Å². The van der Waals surface area contributed by atoms with Gasteiger partial charge in [0.15, 0.2) is 0 Å². The fourth-order valence-electron chi connectivity index (χ4n) is 0.436. The van der Waals surface area contributed by atoms with Crippen molar-refractivity contribution in [2.75, 3.05) is 13.6 Å². The van der Waals surface area contributed by atoms with Crippen LogP contribution in [0, 0.1) is 0 Å². The van der Waals surface area contributed by atoms with Crippen LogP contribution in [-0.4, -0.2) is 13.6 Å². The summed E-state index contributed by atoms with van der Waals surface area (Å²) < 4.78 is 85.8. The van der Waals surface area contributed by atoms with Crippen LogP contribution in [0.15, 0.2) is 28.6 Å². The average Bonchev–Trinajstić information content (AvgIpc) is 2.30. The molecule has 1 aromatic rings. The van der Waals surface area contributed by atoms with Gasteiger partial charge in [-0.15, -0.1) is 0 Å². The number of hydrogen-bond acceptors (Lipinski definition) is 1. The summed E-state index contributed by atoms with van der Waals surface area (Å²) in [4.78, 5) is 0. The van der Waals surface area contributed by atoms with E-state index in [9.17, 15) is 0 Å². The molecule has 1 aromatic carbocycles. The Kier molecular flexibility index (Phi) is 0.871. The first kappa shape index (κ1) is 2.12. The first-order chi connectivity index (χ1) is 9.63. The fourth-order valence-corrected chi connectivity index (χ4v) is 0.635. The van der Waals surface area contributed by atoms with E-state index in [2.05, 4.69) is 20.7 Å². The highest BCUT2D eigenvalue weighted by Crippen LogP contribution is 2.10.